The topological polar surface area (TPSA) is 75.8 Å². The highest BCUT2D eigenvalue weighted by Gasteiger charge is 2.37. The lowest BCUT2D eigenvalue weighted by Gasteiger charge is -2.42. The fourth-order valence-electron chi connectivity index (χ4n) is 1.81. The van der Waals surface area contributed by atoms with Crippen LogP contribution >= 0.6 is 0 Å². The van der Waals surface area contributed by atoms with E-state index in [1.54, 1.807) is 0 Å². The Morgan fingerprint density at radius 3 is 3.00 bits per heavy atom. The van der Waals surface area contributed by atoms with E-state index in [9.17, 15) is 4.79 Å². The van der Waals surface area contributed by atoms with Crippen molar-refractivity contribution >= 4 is 6.09 Å². The molecule has 1 fully saturated rings. The molecule has 0 bridgehead atoms. The summed E-state index contributed by atoms with van der Waals surface area (Å²) >= 11 is 0. The first kappa shape index (κ1) is 11.3. The summed E-state index contributed by atoms with van der Waals surface area (Å²) in [7, 11) is 0. The van der Waals surface area contributed by atoms with Crippen molar-refractivity contribution in [3.05, 3.63) is 0 Å². The molecular formula is C9H18N2O3. The molecule has 0 aromatic heterocycles. The lowest BCUT2D eigenvalue weighted by atomic mass is 9.93. The van der Waals surface area contributed by atoms with Crippen molar-refractivity contribution < 1.29 is 14.6 Å². The minimum Gasteiger partial charge on any atom is -0.465 e. The van der Waals surface area contributed by atoms with E-state index < -0.39 is 11.6 Å². The summed E-state index contributed by atoms with van der Waals surface area (Å²) in [6.07, 6.45) is 0.715. The van der Waals surface area contributed by atoms with Crippen LogP contribution < -0.4 is 5.73 Å². The molecule has 82 valence electrons. The number of hydrogen-bond acceptors (Lipinski definition) is 3. The first-order valence-corrected chi connectivity index (χ1v) is 4.88. The Labute approximate surface area is 83.8 Å². The third kappa shape index (κ3) is 2.36. The maximum Gasteiger partial charge on any atom is 0.407 e. The summed E-state index contributed by atoms with van der Waals surface area (Å²) in [6.45, 7) is 3.92. The summed E-state index contributed by atoms with van der Waals surface area (Å²) in [5.41, 5.74) is 5.02. The van der Waals surface area contributed by atoms with E-state index >= 15 is 0 Å². The first-order valence-electron chi connectivity index (χ1n) is 4.88. The van der Waals surface area contributed by atoms with Crippen LogP contribution in [-0.4, -0.2) is 47.9 Å². The van der Waals surface area contributed by atoms with Crippen LogP contribution in [0.3, 0.4) is 0 Å². The van der Waals surface area contributed by atoms with Gasteiger partial charge in [-0.15, -0.1) is 0 Å². The predicted molar refractivity (Wildman–Crippen MR) is 52.2 cm³/mol. The lowest BCUT2D eigenvalue weighted by molar-refractivity contribution is -0.0513. The van der Waals surface area contributed by atoms with Crippen LogP contribution in [-0.2, 0) is 4.74 Å². The Kier molecular flexibility index (Phi) is 3.71. The van der Waals surface area contributed by atoms with Crippen molar-refractivity contribution in [3.63, 3.8) is 0 Å². The van der Waals surface area contributed by atoms with Gasteiger partial charge >= 0.3 is 6.09 Å². The van der Waals surface area contributed by atoms with E-state index in [-0.39, 0.29) is 0 Å². The van der Waals surface area contributed by atoms with E-state index in [4.69, 9.17) is 15.6 Å². The molecule has 0 aliphatic carbocycles. The maximum atomic E-state index is 11.0. The van der Waals surface area contributed by atoms with Gasteiger partial charge < -0.3 is 15.6 Å². The van der Waals surface area contributed by atoms with Gasteiger partial charge in [-0.05, 0) is 26.3 Å². The van der Waals surface area contributed by atoms with Crippen LogP contribution in [0.4, 0.5) is 4.79 Å². The molecule has 1 saturated heterocycles. The zero-order valence-corrected chi connectivity index (χ0v) is 8.53. The number of nitrogens with two attached hydrogens (primary N) is 1. The molecule has 0 saturated carbocycles. The molecule has 1 atom stereocenters. The minimum atomic E-state index is -0.868. The van der Waals surface area contributed by atoms with E-state index in [0.29, 0.717) is 26.3 Å². The maximum absolute atomic E-state index is 11.0. The second-order valence-corrected chi connectivity index (χ2v) is 3.88. The van der Waals surface area contributed by atoms with Crippen molar-refractivity contribution in [2.24, 2.45) is 5.73 Å². The number of carboxylic acid groups (broad SMARTS) is 1. The fraction of sp³-hybridized carbons (Fsp3) is 0.889. The summed E-state index contributed by atoms with van der Waals surface area (Å²) in [5, 5.41) is 9.01. The van der Waals surface area contributed by atoms with Crippen LogP contribution in [0.15, 0.2) is 0 Å². The van der Waals surface area contributed by atoms with Gasteiger partial charge in [0.15, 0.2) is 0 Å². The number of hydrogen-bond donors (Lipinski definition) is 2. The molecule has 5 nitrogen and oxygen atoms in total. The zero-order chi connectivity index (χ0) is 10.6. The molecule has 5 heteroatoms. The van der Waals surface area contributed by atoms with Gasteiger partial charge in [0.2, 0.25) is 0 Å². The molecule has 0 aromatic carbocycles. The van der Waals surface area contributed by atoms with Crippen molar-refractivity contribution in [1.29, 1.82) is 0 Å². The molecule has 1 heterocycles. The number of rotatable bonds is 3. The van der Waals surface area contributed by atoms with E-state index in [2.05, 4.69) is 0 Å². The monoisotopic (exact) mass is 202 g/mol. The van der Waals surface area contributed by atoms with Gasteiger partial charge in [-0.25, -0.2) is 4.79 Å². The molecule has 1 aliphatic heterocycles. The third-order valence-electron chi connectivity index (χ3n) is 2.67. The average molecular weight is 202 g/mol. The van der Waals surface area contributed by atoms with Crippen LogP contribution in [0, 0.1) is 0 Å². The Morgan fingerprint density at radius 2 is 2.43 bits per heavy atom. The van der Waals surface area contributed by atoms with E-state index in [1.165, 1.54) is 4.90 Å². The quantitative estimate of drug-likeness (QED) is 0.698. The number of ether oxygens (including phenoxy) is 1. The Morgan fingerprint density at radius 1 is 1.71 bits per heavy atom. The van der Waals surface area contributed by atoms with Gasteiger partial charge in [-0.2, -0.15) is 0 Å². The normalized spacial score (nSPS) is 27.7. The predicted octanol–water partition coefficient (Wildman–Crippen LogP) is 0.494. The minimum absolute atomic E-state index is 0.399. The van der Waals surface area contributed by atoms with Crippen LogP contribution in [0.25, 0.3) is 0 Å². The first-order chi connectivity index (χ1) is 6.60. The second-order valence-electron chi connectivity index (χ2n) is 3.88. The highest BCUT2D eigenvalue weighted by molar-refractivity contribution is 5.66. The highest BCUT2D eigenvalue weighted by Crippen LogP contribution is 2.24. The largest absolute Gasteiger partial charge is 0.465 e. The van der Waals surface area contributed by atoms with Gasteiger partial charge in [0, 0.05) is 6.54 Å². The summed E-state index contributed by atoms with van der Waals surface area (Å²) in [6, 6.07) is 0. The number of nitrogens with zero attached hydrogens (tertiary/aromatic N) is 1. The standard InChI is InChI=1S/C9H18N2O3/c1-9(3-2-4-10)7-14-6-5-11(9)8(12)13/h2-7,10H2,1H3,(H,12,13). The summed E-state index contributed by atoms with van der Waals surface area (Å²) in [4.78, 5) is 12.4. The Hall–Kier alpha value is -0.810. The number of amides is 1. The lowest BCUT2D eigenvalue weighted by Crippen LogP contribution is -2.57. The van der Waals surface area contributed by atoms with Crippen LogP contribution in [0.2, 0.25) is 0 Å². The molecule has 0 spiro atoms. The van der Waals surface area contributed by atoms with Gasteiger partial charge in [0.05, 0.1) is 18.8 Å². The molecule has 0 radical (unpaired) electrons. The second kappa shape index (κ2) is 4.61. The van der Waals surface area contributed by atoms with Crippen molar-refractivity contribution in [3.8, 4) is 0 Å². The Balaban J connectivity index is 2.64. The molecular weight excluding hydrogens is 184 g/mol. The number of morpholine rings is 1. The van der Waals surface area contributed by atoms with E-state index in [0.717, 1.165) is 12.8 Å². The molecule has 3 N–H and O–H groups in total. The van der Waals surface area contributed by atoms with Crippen LogP contribution in [0.1, 0.15) is 19.8 Å². The van der Waals surface area contributed by atoms with Crippen molar-refractivity contribution in [2.45, 2.75) is 25.3 Å². The molecule has 0 aromatic rings. The smallest absolute Gasteiger partial charge is 0.407 e. The third-order valence-corrected chi connectivity index (χ3v) is 2.67. The van der Waals surface area contributed by atoms with Gasteiger partial charge in [0.1, 0.15) is 0 Å². The van der Waals surface area contributed by atoms with Crippen LogP contribution in [0.5, 0.6) is 0 Å². The molecule has 1 amide bonds. The summed E-state index contributed by atoms with van der Waals surface area (Å²) in [5.74, 6) is 0. The van der Waals surface area contributed by atoms with Gasteiger partial charge in [0.25, 0.3) is 0 Å². The molecule has 1 rings (SSSR count). The fourth-order valence-corrected chi connectivity index (χ4v) is 1.81. The van der Waals surface area contributed by atoms with Crippen molar-refractivity contribution in [1.82, 2.24) is 4.90 Å². The number of carbonyl (C=O) groups is 1. The highest BCUT2D eigenvalue weighted by atomic mass is 16.5. The van der Waals surface area contributed by atoms with Gasteiger partial charge in [-0.1, -0.05) is 0 Å². The molecule has 14 heavy (non-hydrogen) atoms. The van der Waals surface area contributed by atoms with Gasteiger partial charge in [-0.3, -0.25) is 4.90 Å². The molecule has 1 unspecified atom stereocenters. The van der Waals surface area contributed by atoms with E-state index in [1.807, 2.05) is 6.92 Å². The summed E-state index contributed by atoms with van der Waals surface area (Å²) < 4.78 is 5.32. The Bertz CT molecular complexity index is 210. The molecule has 1 aliphatic rings. The SMILES string of the molecule is CC1(CCCN)COCCN1C(=O)O. The average Bonchev–Trinajstić information content (AvgIpc) is 2.15. The zero-order valence-electron chi connectivity index (χ0n) is 8.53. The van der Waals surface area contributed by atoms with Crippen molar-refractivity contribution in [2.75, 3.05) is 26.3 Å².